The average Bonchev–Trinajstić information content (AvgIpc) is 2.68. The molecule has 0 saturated heterocycles. The molecular formula is C13H22N2O2S2. The van der Waals surface area contributed by atoms with Gasteiger partial charge in [-0.25, -0.2) is 4.98 Å². The summed E-state index contributed by atoms with van der Waals surface area (Å²) in [6.45, 7) is 9.47. The second-order valence-corrected chi connectivity index (χ2v) is 7.73. The molecule has 0 aliphatic heterocycles. The van der Waals surface area contributed by atoms with Crippen LogP contribution >= 0.6 is 23.5 Å². The topological polar surface area (TPSA) is 55.1 Å². The Hall–Kier alpha value is -0.620. The number of rotatable bonds is 6. The molecule has 1 rings (SSSR count). The molecule has 0 spiro atoms. The maximum absolute atomic E-state index is 10.7. The molecule has 0 bridgehead atoms. The SMILES string of the molecule is CSC(C)Cn1c(C(C)(C)C)cnc1SCC(=O)O. The number of carbonyl (C=O) groups is 1. The molecule has 1 aromatic rings. The third-order valence-corrected chi connectivity index (χ3v) is 4.68. The Bertz CT molecular complexity index is 438. The summed E-state index contributed by atoms with van der Waals surface area (Å²) in [5, 5.41) is 10.1. The Morgan fingerprint density at radius 1 is 1.53 bits per heavy atom. The number of hydrogen-bond donors (Lipinski definition) is 1. The monoisotopic (exact) mass is 302 g/mol. The van der Waals surface area contributed by atoms with E-state index in [1.54, 1.807) is 11.8 Å². The molecule has 1 N–H and O–H groups in total. The minimum Gasteiger partial charge on any atom is -0.481 e. The van der Waals surface area contributed by atoms with E-state index in [1.807, 2.05) is 6.20 Å². The molecule has 1 aromatic heterocycles. The number of thioether (sulfide) groups is 2. The predicted molar refractivity (Wildman–Crippen MR) is 82.3 cm³/mol. The molecule has 108 valence electrons. The van der Waals surface area contributed by atoms with Crippen molar-refractivity contribution in [1.29, 1.82) is 0 Å². The zero-order valence-electron chi connectivity index (χ0n) is 12.1. The summed E-state index contributed by atoms with van der Waals surface area (Å²) in [6.07, 6.45) is 3.96. The highest BCUT2D eigenvalue weighted by Gasteiger charge is 2.23. The summed E-state index contributed by atoms with van der Waals surface area (Å²) < 4.78 is 2.16. The molecule has 1 heterocycles. The van der Waals surface area contributed by atoms with Crippen LogP contribution in [0, 0.1) is 0 Å². The highest BCUT2D eigenvalue weighted by Crippen LogP contribution is 2.28. The van der Waals surface area contributed by atoms with Gasteiger partial charge in [0.2, 0.25) is 0 Å². The van der Waals surface area contributed by atoms with Crippen LogP contribution in [0.5, 0.6) is 0 Å². The fraction of sp³-hybridized carbons (Fsp3) is 0.692. The first-order valence-corrected chi connectivity index (χ1v) is 8.46. The van der Waals surface area contributed by atoms with E-state index >= 15 is 0 Å². The molecule has 0 aromatic carbocycles. The Morgan fingerprint density at radius 2 is 2.16 bits per heavy atom. The maximum atomic E-state index is 10.7. The van der Waals surface area contributed by atoms with Gasteiger partial charge in [-0.1, -0.05) is 39.5 Å². The van der Waals surface area contributed by atoms with Crippen molar-refractivity contribution in [3.63, 3.8) is 0 Å². The zero-order chi connectivity index (χ0) is 14.6. The minimum atomic E-state index is -0.810. The highest BCUT2D eigenvalue weighted by atomic mass is 32.2. The summed E-state index contributed by atoms with van der Waals surface area (Å²) in [4.78, 5) is 15.1. The molecule has 0 amide bonds. The molecule has 1 atom stereocenters. The third-order valence-electron chi connectivity index (χ3n) is 2.75. The molecule has 0 saturated carbocycles. The number of aromatic nitrogens is 2. The van der Waals surface area contributed by atoms with Crippen molar-refractivity contribution in [2.45, 2.75) is 50.1 Å². The summed E-state index contributed by atoms with van der Waals surface area (Å²) in [5.74, 6) is -0.761. The van der Waals surface area contributed by atoms with Gasteiger partial charge in [0.1, 0.15) is 0 Å². The summed E-state index contributed by atoms with van der Waals surface area (Å²) in [7, 11) is 0. The van der Waals surface area contributed by atoms with Crippen LogP contribution in [-0.4, -0.2) is 37.9 Å². The van der Waals surface area contributed by atoms with E-state index in [-0.39, 0.29) is 11.2 Å². The number of aliphatic carboxylic acids is 1. The lowest BCUT2D eigenvalue weighted by Gasteiger charge is -2.23. The number of carboxylic acids is 1. The van der Waals surface area contributed by atoms with Gasteiger partial charge < -0.3 is 9.67 Å². The van der Waals surface area contributed by atoms with Crippen molar-refractivity contribution in [3.05, 3.63) is 11.9 Å². The molecule has 0 aliphatic rings. The third kappa shape index (κ3) is 4.76. The van der Waals surface area contributed by atoms with Gasteiger partial charge in [0, 0.05) is 29.1 Å². The Balaban J connectivity index is 3.03. The maximum Gasteiger partial charge on any atom is 0.313 e. The number of nitrogens with zero attached hydrogens (tertiary/aromatic N) is 2. The highest BCUT2D eigenvalue weighted by molar-refractivity contribution is 7.99. The summed E-state index contributed by atoms with van der Waals surface area (Å²) in [5.41, 5.74) is 1.16. The molecule has 6 heteroatoms. The lowest BCUT2D eigenvalue weighted by molar-refractivity contribution is -0.133. The van der Waals surface area contributed by atoms with Gasteiger partial charge in [-0.2, -0.15) is 11.8 Å². The number of imidazole rings is 1. The van der Waals surface area contributed by atoms with E-state index in [0.29, 0.717) is 5.25 Å². The lowest BCUT2D eigenvalue weighted by Crippen LogP contribution is -2.21. The van der Waals surface area contributed by atoms with Crippen LogP contribution in [0.25, 0.3) is 0 Å². The van der Waals surface area contributed by atoms with Crippen molar-refractivity contribution in [1.82, 2.24) is 9.55 Å². The van der Waals surface area contributed by atoms with E-state index in [0.717, 1.165) is 17.4 Å². The molecule has 1 unspecified atom stereocenters. The Kier molecular flexibility index (Phi) is 5.80. The molecule has 19 heavy (non-hydrogen) atoms. The fourth-order valence-electron chi connectivity index (χ4n) is 1.71. The van der Waals surface area contributed by atoms with Crippen molar-refractivity contribution in [2.24, 2.45) is 0 Å². The number of hydrogen-bond acceptors (Lipinski definition) is 4. The van der Waals surface area contributed by atoms with Crippen LogP contribution in [0.1, 0.15) is 33.4 Å². The van der Waals surface area contributed by atoms with E-state index in [2.05, 4.69) is 43.5 Å². The average molecular weight is 302 g/mol. The Labute approximate surface area is 123 Å². The van der Waals surface area contributed by atoms with Gasteiger partial charge in [-0.15, -0.1) is 0 Å². The zero-order valence-corrected chi connectivity index (χ0v) is 13.8. The minimum absolute atomic E-state index is 0.00710. The second kappa shape index (κ2) is 6.70. The van der Waals surface area contributed by atoms with Gasteiger partial charge in [0.25, 0.3) is 0 Å². The van der Waals surface area contributed by atoms with Crippen LogP contribution in [0.4, 0.5) is 0 Å². The van der Waals surface area contributed by atoms with Gasteiger partial charge in [0.05, 0.1) is 5.75 Å². The first kappa shape index (κ1) is 16.4. The van der Waals surface area contributed by atoms with Crippen LogP contribution < -0.4 is 0 Å². The van der Waals surface area contributed by atoms with E-state index in [9.17, 15) is 4.79 Å². The van der Waals surface area contributed by atoms with Crippen LogP contribution in [0.15, 0.2) is 11.4 Å². The van der Waals surface area contributed by atoms with Gasteiger partial charge in [-0.3, -0.25) is 4.79 Å². The van der Waals surface area contributed by atoms with Gasteiger partial charge in [-0.05, 0) is 6.26 Å². The molecular weight excluding hydrogens is 280 g/mol. The Morgan fingerprint density at radius 3 is 2.63 bits per heavy atom. The standard InChI is InChI=1S/C13H22N2O2S2/c1-9(18-5)7-15-10(13(2,3)4)6-14-12(15)19-8-11(16)17/h6,9H,7-8H2,1-5H3,(H,16,17). The largest absolute Gasteiger partial charge is 0.481 e. The summed E-state index contributed by atoms with van der Waals surface area (Å²) in [6, 6.07) is 0. The fourth-order valence-corrected chi connectivity index (χ4v) is 2.71. The number of carboxylic acid groups (broad SMARTS) is 1. The quantitative estimate of drug-likeness (QED) is 0.818. The molecule has 0 fully saturated rings. The second-order valence-electron chi connectivity index (χ2n) is 5.52. The lowest BCUT2D eigenvalue weighted by atomic mass is 9.92. The van der Waals surface area contributed by atoms with Crippen molar-refractivity contribution in [3.8, 4) is 0 Å². The normalized spacial score (nSPS) is 13.5. The van der Waals surface area contributed by atoms with Gasteiger partial charge in [0.15, 0.2) is 5.16 Å². The van der Waals surface area contributed by atoms with E-state index < -0.39 is 5.97 Å². The van der Waals surface area contributed by atoms with E-state index in [1.165, 1.54) is 11.8 Å². The van der Waals surface area contributed by atoms with Crippen molar-refractivity contribution < 1.29 is 9.90 Å². The van der Waals surface area contributed by atoms with Crippen LogP contribution in [0.3, 0.4) is 0 Å². The first-order chi connectivity index (χ1) is 8.75. The molecule has 0 radical (unpaired) electrons. The molecule has 0 aliphatic carbocycles. The predicted octanol–water partition coefficient (Wildman–Crippen LogP) is 3.11. The van der Waals surface area contributed by atoms with Crippen molar-refractivity contribution in [2.75, 3.05) is 12.0 Å². The van der Waals surface area contributed by atoms with Crippen LogP contribution in [0.2, 0.25) is 0 Å². The first-order valence-electron chi connectivity index (χ1n) is 6.19. The molecule has 4 nitrogen and oxygen atoms in total. The van der Waals surface area contributed by atoms with Gasteiger partial charge >= 0.3 is 5.97 Å². The van der Waals surface area contributed by atoms with Crippen molar-refractivity contribution >= 4 is 29.5 Å². The summed E-state index contributed by atoms with van der Waals surface area (Å²) >= 11 is 3.09. The van der Waals surface area contributed by atoms with E-state index in [4.69, 9.17) is 5.11 Å². The van der Waals surface area contributed by atoms with Crippen LogP contribution in [-0.2, 0) is 16.8 Å². The smallest absolute Gasteiger partial charge is 0.313 e.